The van der Waals surface area contributed by atoms with Crippen LogP contribution in [-0.4, -0.2) is 25.8 Å². The molecule has 144 valence electrons. The van der Waals surface area contributed by atoms with Gasteiger partial charge in [0.25, 0.3) is 0 Å². The third-order valence-electron chi connectivity index (χ3n) is 5.06. The number of benzene rings is 2. The minimum atomic E-state index is -1.14. The van der Waals surface area contributed by atoms with Crippen LogP contribution in [0.1, 0.15) is 31.9 Å². The number of fused-ring (bicyclic) bond motifs is 1. The van der Waals surface area contributed by atoms with Gasteiger partial charge in [-0.1, -0.05) is 41.9 Å². The van der Waals surface area contributed by atoms with Gasteiger partial charge in [0.05, 0.1) is 15.8 Å². The second-order valence-electron chi connectivity index (χ2n) is 7.97. The molecule has 1 fully saturated rings. The summed E-state index contributed by atoms with van der Waals surface area (Å²) in [6, 6.07) is 11.2. The normalized spacial score (nSPS) is 27.8. The van der Waals surface area contributed by atoms with E-state index in [1.54, 1.807) is 0 Å². The van der Waals surface area contributed by atoms with Crippen LogP contribution in [0.15, 0.2) is 40.9 Å². The maximum Gasteiger partial charge on any atom is 0.156 e. The molecule has 27 heavy (non-hydrogen) atoms. The van der Waals surface area contributed by atoms with Crippen LogP contribution in [0.25, 0.3) is 0 Å². The fourth-order valence-corrected chi connectivity index (χ4v) is 5.73. The molecule has 2 heterocycles. The van der Waals surface area contributed by atoms with Gasteiger partial charge in [0, 0.05) is 29.1 Å². The molecular formula is C20H20BrClFNO2S. The summed E-state index contributed by atoms with van der Waals surface area (Å²) in [6.45, 7) is 6.55. The first kappa shape index (κ1) is 19.4. The lowest BCUT2D eigenvalue weighted by Gasteiger charge is -2.30. The second kappa shape index (κ2) is 6.55. The molecule has 2 aromatic rings. The second-order valence-corrected chi connectivity index (χ2v) is 11.3. The summed E-state index contributed by atoms with van der Waals surface area (Å²) >= 11 is 9.52. The molecule has 0 N–H and O–H groups in total. The van der Waals surface area contributed by atoms with E-state index in [1.165, 1.54) is 6.07 Å². The van der Waals surface area contributed by atoms with Gasteiger partial charge in [-0.25, -0.2) is 12.9 Å². The van der Waals surface area contributed by atoms with Crippen LogP contribution in [0.5, 0.6) is 5.75 Å². The van der Waals surface area contributed by atoms with E-state index >= 15 is 0 Å². The van der Waals surface area contributed by atoms with Crippen molar-refractivity contribution in [2.24, 2.45) is 0 Å². The maximum atomic E-state index is 14.2. The number of rotatable bonds is 3. The number of hydrogen-bond donors (Lipinski definition) is 0. The Hall–Kier alpha value is -0.950. The molecule has 3 unspecified atom stereocenters. The van der Waals surface area contributed by atoms with Crippen LogP contribution in [-0.2, 0) is 23.0 Å². The van der Waals surface area contributed by atoms with E-state index in [2.05, 4.69) is 15.9 Å². The van der Waals surface area contributed by atoms with Crippen LogP contribution in [0.3, 0.4) is 0 Å². The molecule has 0 radical (unpaired) electrons. The Balaban J connectivity index is 1.78. The summed E-state index contributed by atoms with van der Waals surface area (Å²) < 4.78 is 35.6. The van der Waals surface area contributed by atoms with Gasteiger partial charge in [-0.05, 0) is 42.3 Å². The third-order valence-corrected chi connectivity index (χ3v) is 8.41. The smallest absolute Gasteiger partial charge is 0.156 e. The third kappa shape index (κ3) is 3.15. The van der Waals surface area contributed by atoms with Crippen LogP contribution in [0, 0.1) is 5.82 Å². The van der Waals surface area contributed by atoms with Crippen LogP contribution >= 0.6 is 27.5 Å². The molecule has 3 nitrogen and oxygen atoms in total. The Bertz CT molecular complexity index is 934. The van der Waals surface area contributed by atoms with E-state index in [4.69, 9.17) is 16.3 Å². The van der Waals surface area contributed by atoms with Gasteiger partial charge in [0.1, 0.15) is 22.6 Å². The molecule has 0 spiro atoms. The van der Waals surface area contributed by atoms with Gasteiger partial charge in [-0.15, -0.1) is 0 Å². The summed E-state index contributed by atoms with van der Waals surface area (Å²) in [6.07, 6.45) is 0.537. The molecule has 0 bridgehead atoms. The first-order chi connectivity index (χ1) is 12.6. The van der Waals surface area contributed by atoms with Crippen molar-refractivity contribution >= 4 is 38.5 Å². The zero-order valence-corrected chi connectivity index (χ0v) is 18.4. The lowest BCUT2D eigenvalue weighted by molar-refractivity contribution is 0.0836. The molecule has 2 aliphatic heterocycles. The van der Waals surface area contributed by atoms with E-state index in [-0.39, 0.29) is 15.8 Å². The SMILES string of the molecule is CC(C)(C)S(=O)N1CC1[C@@]1(c2ccccc2)Cc2c(cc(F)c(Cl)c2Br)O1. The highest BCUT2D eigenvalue weighted by molar-refractivity contribution is 9.10. The van der Waals surface area contributed by atoms with E-state index in [0.29, 0.717) is 23.2 Å². The molecular weight excluding hydrogens is 453 g/mol. The minimum Gasteiger partial charge on any atom is -0.480 e. The number of halogens is 3. The van der Waals surface area contributed by atoms with Gasteiger partial charge in [-0.2, -0.15) is 0 Å². The number of hydrogen-bond acceptors (Lipinski definition) is 2. The van der Waals surface area contributed by atoms with Crippen molar-refractivity contribution in [2.45, 2.75) is 43.6 Å². The van der Waals surface area contributed by atoms with Gasteiger partial charge in [-0.3, -0.25) is 0 Å². The highest BCUT2D eigenvalue weighted by Crippen LogP contribution is 2.53. The van der Waals surface area contributed by atoms with Crippen molar-refractivity contribution in [3.63, 3.8) is 0 Å². The van der Waals surface area contributed by atoms with Gasteiger partial charge >= 0.3 is 0 Å². The van der Waals surface area contributed by atoms with E-state index in [1.807, 2.05) is 55.4 Å². The summed E-state index contributed by atoms with van der Waals surface area (Å²) in [5.41, 5.74) is 1.12. The largest absolute Gasteiger partial charge is 0.480 e. The molecule has 2 aliphatic rings. The molecule has 1 saturated heterocycles. The molecule has 2 aromatic carbocycles. The average molecular weight is 473 g/mol. The van der Waals surface area contributed by atoms with Gasteiger partial charge < -0.3 is 4.74 Å². The first-order valence-corrected chi connectivity index (χ1v) is 11.0. The van der Waals surface area contributed by atoms with Crippen molar-refractivity contribution in [3.05, 3.63) is 62.8 Å². The van der Waals surface area contributed by atoms with Gasteiger partial charge in [0.15, 0.2) is 5.60 Å². The zero-order valence-electron chi connectivity index (χ0n) is 15.3. The molecule has 7 heteroatoms. The van der Waals surface area contributed by atoms with Crippen LogP contribution < -0.4 is 4.74 Å². The summed E-state index contributed by atoms with van der Waals surface area (Å²) in [5, 5.41) is 0.0622. The Kier molecular flexibility index (Phi) is 4.70. The highest BCUT2D eigenvalue weighted by Gasteiger charge is 2.60. The van der Waals surface area contributed by atoms with Crippen LogP contribution in [0.4, 0.5) is 4.39 Å². The van der Waals surface area contributed by atoms with E-state index in [9.17, 15) is 8.60 Å². The molecule has 0 aliphatic carbocycles. The van der Waals surface area contributed by atoms with Gasteiger partial charge in [0.2, 0.25) is 0 Å². The zero-order chi connectivity index (χ0) is 19.6. The van der Waals surface area contributed by atoms with Crippen LogP contribution in [0.2, 0.25) is 5.02 Å². The monoisotopic (exact) mass is 471 g/mol. The quantitative estimate of drug-likeness (QED) is 0.453. The Morgan fingerprint density at radius 3 is 2.63 bits per heavy atom. The molecule has 0 saturated carbocycles. The van der Waals surface area contributed by atoms with E-state index < -0.39 is 22.4 Å². The fourth-order valence-electron chi connectivity index (χ4n) is 3.66. The predicted octanol–water partition coefficient (Wildman–Crippen LogP) is 5.22. The molecule has 0 aromatic heterocycles. The molecule has 4 atom stereocenters. The van der Waals surface area contributed by atoms with Crippen molar-refractivity contribution in [1.29, 1.82) is 0 Å². The topological polar surface area (TPSA) is 29.3 Å². The first-order valence-electron chi connectivity index (χ1n) is 8.75. The maximum absolute atomic E-state index is 14.2. The summed E-state index contributed by atoms with van der Waals surface area (Å²) in [4.78, 5) is 0. The lowest BCUT2D eigenvalue weighted by atomic mass is 9.86. The number of nitrogens with zero attached hydrogens (tertiary/aromatic N) is 1. The average Bonchev–Trinajstić information content (AvgIpc) is 3.34. The Labute approximate surface area is 174 Å². The van der Waals surface area contributed by atoms with Crippen molar-refractivity contribution in [2.75, 3.05) is 6.54 Å². The minimum absolute atomic E-state index is 0.0545. The lowest BCUT2D eigenvalue weighted by Crippen LogP contribution is -2.41. The van der Waals surface area contributed by atoms with Crippen molar-refractivity contribution in [1.82, 2.24) is 4.31 Å². The van der Waals surface area contributed by atoms with Crippen molar-refractivity contribution < 1.29 is 13.3 Å². The predicted molar refractivity (Wildman–Crippen MR) is 110 cm³/mol. The van der Waals surface area contributed by atoms with Crippen molar-refractivity contribution in [3.8, 4) is 5.75 Å². The fraction of sp³-hybridized carbons (Fsp3) is 0.400. The standard InChI is InChI=1S/C20H20BrClFNO2S/c1-19(2,3)27(25)24-11-16(24)20(12-7-5-4-6-8-12)10-13-15(26-20)9-14(23)18(22)17(13)21/h4-9,16H,10-11H2,1-3H3/t16?,20-,24?,27?/m0/s1. The number of ether oxygens (including phenoxy) is 1. The van der Waals surface area contributed by atoms with E-state index in [0.717, 1.165) is 11.1 Å². The molecule has 4 rings (SSSR count). The summed E-state index contributed by atoms with van der Waals surface area (Å²) in [7, 11) is -1.14. The Morgan fingerprint density at radius 2 is 2.00 bits per heavy atom. The Morgan fingerprint density at radius 1 is 1.33 bits per heavy atom. The molecule has 0 amide bonds. The highest BCUT2D eigenvalue weighted by atomic mass is 79.9. The summed E-state index contributed by atoms with van der Waals surface area (Å²) in [5.74, 6) is -0.0295.